The molecule has 1 fully saturated rings. The van der Waals surface area contributed by atoms with Gasteiger partial charge in [0.15, 0.2) is 0 Å². The highest BCUT2D eigenvalue weighted by Gasteiger charge is 2.37. The largest absolute Gasteiger partial charge is 0.444 e. The van der Waals surface area contributed by atoms with Gasteiger partial charge < -0.3 is 15.0 Å². The number of carbonyl (C=O) groups excluding carboxylic acids is 3. The van der Waals surface area contributed by atoms with Gasteiger partial charge in [-0.05, 0) is 46.1 Å². The number of nitrogens with zero attached hydrogens (tertiary/aromatic N) is 2. The van der Waals surface area contributed by atoms with Gasteiger partial charge in [-0.3, -0.25) is 14.5 Å². The summed E-state index contributed by atoms with van der Waals surface area (Å²) in [7, 11) is 1.71. The lowest BCUT2D eigenvalue weighted by molar-refractivity contribution is -0.136. The fraction of sp³-hybridized carbons (Fsp3) is 0.571. The van der Waals surface area contributed by atoms with E-state index >= 15 is 0 Å². The molecule has 0 bridgehead atoms. The van der Waals surface area contributed by atoms with Gasteiger partial charge in [0.1, 0.15) is 17.7 Å². The van der Waals surface area contributed by atoms with E-state index in [1.165, 1.54) is 4.90 Å². The Hall–Kier alpha value is -2.57. The second-order valence-corrected chi connectivity index (χ2v) is 8.24. The summed E-state index contributed by atoms with van der Waals surface area (Å²) in [6.07, 6.45) is 0.796. The van der Waals surface area contributed by atoms with E-state index in [4.69, 9.17) is 4.74 Å². The first kappa shape index (κ1) is 21.7. The van der Waals surface area contributed by atoms with E-state index in [-0.39, 0.29) is 11.8 Å². The monoisotopic (exact) mass is 389 g/mol. The topological polar surface area (TPSA) is 79.0 Å². The van der Waals surface area contributed by atoms with Crippen LogP contribution < -0.4 is 5.32 Å². The third-order valence-corrected chi connectivity index (χ3v) is 4.55. The number of rotatable bonds is 5. The molecule has 1 aliphatic heterocycles. The molecule has 1 aromatic rings. The van der Waals surface area contributed by atoms with Gasteiger partial charge in [0.25, 0.3) is 0 Å². The van der Waals surface area contributed by atoms with Crippen LogP contribution in [0, 0.1) is 0 Å². The molecule has 0 spiro atoms. The number of amides is 3. The standard InChI is InChI=1S/C21H31N3O4/c1-15(19(26)23(5)14-16-10-7-6-8-11-16)22-18(25)17-12-9-13-24(17)20(27)28-21(2,3)4/h6-8,10-11,15,17H,9,12-14H2,1-5H3,(H,22,25)/t15-,17-/m0/s1. The number of ether oxygens (including phenoxy) is 1. The van der Waals surface area contributed by atoms with E-state index in [0.717, 1.165) is 12.0 Å². The van der Waals surface area contributed by atoms with Crippen molar-refractivity contribution < 1.29 is 19.1 Å². The summed E-state index contributed by atoms with van der Waals surface area (Å²) in [5.74, 6) is -0.503. The molecule has 2 rings (SSSR count). The van der Waals surface area contributed by atoms with E-state index in [1.807, 2.05) is 30.3 Å². The van der Waals surface area contributed by atoms with Gasteiger partial charge in [0.05, 0.1) is 0 Å². The first-order valence-electron chi connectivity index (χ1n) is 9.67. The lowest BCUT2D eigenvalue weighted by atomic mass is 10.1. The number of likely N-dealkylation sites (tertiary alicyclic amines) is 1. The third-order valence-electron chi connectivity index (χ3n) is 4.55. The number of hydrogen-bond donors (Lipinski definition) is 1. The van der Waals surface area contributed by atoms with Gasteiger partial charge in [-0.15, -0.1) is 0 Å². The molecule has 154 valence electrons. The van der Waals surface area contributed by atoms with Gasteiger partial charge >= 0.3 is 6.09 Å². The van der Waals surface area contributed by atoms with Gasteiger partial charge in [0.2, 0.25) is 11.8 Å². The van der Waals surface area contributed by atoms with Crippen LogP contribution in [0.3, 0.4) is 0 Å². The molecular weight excluding hydrogens is 358 g/mol. The minimum absolute atomic E-state index is 0.181. The summed E-state index contributed by atoms with van der Waals surface area (Å²) < 4.78 is 5.39. The maximum absolute atomic E-state index is 12.7. The summed E-state index contributed by atoms with van der Waals surface area (Å²) in [5, 5.41) is 2.76. The fourth-order valence-electron chi connectivity index (χ4n) is 3.22. The van der Waals surface area contributed by atoms with Crippen molar-refractivity contribution in [1.29, 1.82) is 0 Å². The van der Waals surface area contributed by atoms with E-state index < -0.39 is 23.8 Å². The summed E-state index contributed by atoms with van der Waals surface area (Å²) in [6, 6.07) is 8.38. The number of nitrogens with one attached hydrogen (secondary N) is 1. The van der Waals surface area contributed by atoms with Crippen LogP contribution in [0.2, 0.25) is 0 Å². The lowest BCUT2D eigenvalue weighted by Gasteiger charge is -2.29. The van der Waals surface area contributed by atoms with Crippen molar-refractivity contribution >= 4 is 17.9 Å². The molecule has 2 atom stereocenters. The first-order valence-corrected chi connectivity index (χ1v) is 9.67. The number of carbonyl (C=O) groups is 3. The fourth-order valence-corrected chi connectivity index (χ4v) is 3.22. The van der Waals surface area contributed by atoms with Crippen molar-refractivity contribution in [2.75, 3.05) is 13.6 Å². The Morgan fingerprint density at radius 3 is 2.50 bits per heavy atom. The number of likely N-dealkylation sites (N-methyl/N-ethyl adjacent to an activating group) is 1. The van der Waals surface area contributed by atoms with Crippen LogP contribution in [0.5, 0.6) is 0 Å². The van der Waals surface area contributed by atoms with Gasteiger partial charge in [0, 0.05) is 20.1 Å². The van der Waals surface area contributed by atoms with Crippen molar-refractivity contribution in [2.45, 2.75) is 64.8 Å². The maximum atomic E-state index is 12.7. The Morgan fingerprint density at radius 1 is 1.25 bits per heavy atom. The molecule has 1 heterocycles. The van der Waals surface area contributed by atoms with Crippen molar-refractivity contribution in [2.24, 2.45) is 0 Å². The van der Waals surface area contributed by atoms with E-state index in [1.54, 1.807) is 39.6 Å². The second-order valence-electron chi connectivity index (χ2n) is 8.24. The van der Waals surface area contributed by atoms with Crippen LogP contribution in [0.4, 0.5) is 4.79 Å². The molecule has 0 aromatic heterocycles. The Balaban J connectivity index is 1.93. The molecule has 7 heteroatoms. The molecule has 1 aliphatic rings. The van der Waals surface area contributed by atoms with Gasteiger partial charge in [-0.1, -0.05) is 30.3 Å². The molecule has 1 saturated heterocycles. The summed E-state index contributed by atoms with van der Waals surface area (Å²) in [5.41, 5.74) is 0.396. The quantitative estimate of drug-likeness (QED) is 0.839. The zero-order valence-electron chi connectivity index (χ0n) is 17.4. The zero-order valence-corrected chi connectivity index (χ0v) is 17.4. The lowest BCUT2D eigenvalue weighted by Crippen LogP contribution is -2.52. The highest BCUT2D eigenvalue weighted by molar-refractivity contribution is 5.91. The highest BCUT2D eigenvalue weighted by Crippen LogP contribution is 2.21. The van der Waals surface area contributed by atoms with Crippen molar-refractivity contribution in [3.05, 3.63) is 35.9 Å². The normalized spacial score (nSPS) is 17.8. The average molecular weight is 389 g/mol. The molecule has 1 aromatic carbocycles. The van der Waals surface area contributed by atoms with E-state index in [9.17, 15) is 14.4 Å². The molecule has 0 aliphatic carbocycles. The molecule has 7 nitrogen and oxygen atoms in total. The summed E-state index contributed by atoms with van der Waals surface area (Å²) in [6.45, 7) is 7.98. The average Bonchev–Trinajstić information content (AvgIpc) is 3.10. The Labute approximate surface area is 167 Å². The third kappa shape index (κ3) is 5.97. The molecule has 28 heavy (non-hydrogen) atoms. The highest BCUT2D eigenvalue weighted by atomic mass is 16.6. The minimum atomic E-state index is -0.678. The van der Waals surface area contributed by atoms with Crippen molar-refractivity contribution in [1.82, 2.24) is 15.1 Å². The summed E-state index contributed by atoms with van der Waals surface area (Å²) >= 11 is 0. The number of benzene rings is 1. The van der Waals surface area contributed by atoms with Crippen LogP contribution in [-0.2, 0) is 20.9 Å². The predicted molar refractivity (Wildman–Crippen MR) is 106 cm³/mol. The molecular formula is C21H31N3O4. The SMILES string of the molecule is C[C@H](NC(=O)[C@@H]1CCCN1C(=O)OC(C)(C)C)C(=O)N(C)Cc1ccccc1. The zero-order chi connectivity index (χ0) is 20.9. The Bertz CT molecular complexity index is 699. The Kier molecular flexibility index (Phi) is 7.05. The van der Waals surface area contributed by atoms with Crippen molar-refractivity contribution in [3.8, 4) is 0 Å². The first-order chi connectivity index (χ1) is 13.1. The van der Waals surface area contributed by atoms with Crippen LogP contribution >= 0.6 is 0 Å². The molecule has 1 N–H and O–H groups in total. The van der Waals surface area contributed by atoms with Gasteiger partial charge in [-0.25, -0.2) is 4.79 Å². The van der Waals surface area contributed by atoms with Crippen molar-refractivity contribution in [3.63, 3.8) is 0 Å². The Morgan fingerprint density at radius 2 is 1.89 bits per heavy atom. The molecule has 0 radical (unpaired) electrons. The maximum Gasteiger partial charge on any atom is 0.410 e. The van der Waals surface area contributed by atoms with Crippen LogP contribution in [0.15, 0.2) is 30.3 Å². The van der Waals surface area contributed by atoms with E-state index in [2.05, 4.69) is 5.32 Å². The number of hydrogen-bond acceptors (Lipinski definition) is 4. The molecule has 0 unspecified atom stereocenters. The smallest absolute Gasteiger partial charge is 0.410 e. The van der Waals surface area contributed by atoms with Crippen LogP contribution in [-0.4, -0.2) is 59.0 Å². The van der Waals surface area contributed by atoms with E-state index in [0.29, 0.717) is 19.5 Å². The molecule has 0 saturated carbocycles. The minimum Gasteiger partial charge on any atom is -0.444 e. The predicted octanol–water partition coefficient (Wildman–Crippen LogP) is 2.55. The summed E-state index contributed by atoms with van der Waals surface area (Å²) in [4.78, 5) is 40.7. The van der Waals surface area contributed by atoms with Crippen LogP contribution in [0.1, 0.15) is 46.1 Å². The second kappa shape index (κ2) is 9.08. The van der Waals surface area contributed by atoms with Gasteiger partial charge in [-0.2, -0.15) is 0 Å². The van der Waals surface area contributed by atoms with Crippen LogP contribution in [0.25, 0.3) is 0 Å². The molecule has 3 amide bonds.